The van der Waals surface area contributed by atoms with Gasteiger partial charge in [0.15, 0.2) is 0 Å². The number of esters is 1. The number of anilines is 1. The van der Waals surface area contributed by atoms with Crippen molar-refractivity contribution in [2.75, 3.05) is 11.9 Å². The molecule has 0 saturated heterocycles. The molecule has 152 valence electrons. The minimum absolute atomic E-state index is 0.288. The molecule has 0 saturated carbocycles. The maximum atomic E-state index is 13.0. The van der Waals surface area contributed by atoms with Crippen LogP contribution in [0.25, 0.3) is 10.1 Å². The molecular formula is C21H19Cl2NO3S2. The maximum absolute atomic E-state index is 13.0. The highest BCUT2D eigenvalue weighted by Gasteiger charge is 2.30. The van der Waals surface area contributed by atoms with Crippen LogP contribution in [0.15, 0.2) is 18.2 Å². The molecule has 1 atom stereocenters. The largest absolute Gasteiger partial charge is 0.462 e. The van der Waals surface area contributed by atoms with Crippen LogP contribution in [0.2, 0.25) is 10.0 Å². The van der Waals surface area contributed by atoms with Gasteiger partial charge in [0, 0.05) is 20.0 Å². The van der Waals surface area contributed by atoms with E-state index in [1.165, 1.54) is 22.7 Å². The number of rotatable bonds is 4. The fourth-order valence-electron chi connectivity index (χ4n) is 3.60. The molecule has 0 aliphatic heterocycles. The highest BCUT2D eigenvalue weighted by atomic mass is 35.5. The van der Waals surface area contributed by atoms with Gasteiger partial charge in [0.1, 0.15) is 9.88 Å². The third kappa shape index (κ3) is 3.91. The standard InChI is InChI=1S/C21H19Cl2NO3S2/c1-3-27-21(26)16-12-6-4-10(2)8-14(12)29-20(16)24-19(25)18-17(23)13-7-5-11(22)9-15(13)28-18/h5,7,9-10H,3-4,6,8H2,1-2H3,(H,24,25)/t10-/m0/s1. The van der Waals surface area contributed by atoms with Gasteiger partial charge in [0.05, 0.1) is 17.2 Å². The van der Waals surface area contributed by atoms with Crippen LogP contribution in [0, 0.1) is 5.92 Å². The van der Waals surface area contributed by atoms with Crippen LogP contribution < -0.4 is 5.32 Å². The van der Waals surface area contributed by atoms with Crippen molar-refractivity contribution in [3.05, 3.63) is 49.1 Å². The molecule has 0 bridgehead atoms. The normalized spacial score (nSPS) is 15.9. The fraction of sp³-hybridized carbons (Fsp3) is 0.333. The summed E-state index contributed by atoms with van der Waals surface area (Å²) in [7, 11) is 0. The topological polar surface area (TPSA) is 55.4 Å². The van der Waals surface area contributed by atoms with Crippen molar-refractivity contribution >= 4 is 72.8 Å². The Morgan fingerprint density at radius 3 is 2.83 bits per heavy atom. The Hall–Kier alpha value is -1.60. The lowest BCUT2D eigenvalue weighted by atomic mass is 9.88. The minimum Gasteiger partial charge on any atom is -0.462 e. The summed E-state index contributed by atoms with van der Waals surface area (Å²) in [6, 6.07) is 5.35. The van der Waals surface area contributed by atoms with E-state index in [0.29, 0.717) is 31.4 Å². The summed E-state index contributed by atoms with van der Waals surface area (Å²) in [6.45, 7) is 4.27. The van der Waals surface area contributed by atoms with Gasteiger partial charge in [-0.3, -0.25) is 4.79 Å². The lowest BCUT2D eigenvalue weighted by Gasteiger charge is -2.18. The summed E-state index contributed by atoms with van der Waals surface area (Å²) in [5, 5.41) is 5.24. The molecule has 0 radical (unpaired) electrons. The highest BCUT2D eigenvalue weighted by Crippen LogP contribution is 2.42. The zero-order valence-electron chi connectivity index (χ0n) is 15.9. The number of fused-ring (bicyclic) bond motifs is 2. The van der Waals surface area contributed by atoms with E-state index in [0.717, 1.165) is 39.8 Å². The molecule has 1 aliphatic carbocycles. The minimum atomic E-state index is -0.385. The average Bonchev–Trinajstić information content (AvgIpc) is 3.18. The predicted octanol–water partition coefficient (Wildman–Crippen LogP) is 6.82. The number of benzene rings is 1. The molecule has 3 aromatic rings. The van der Waals surface area contributed by atoms with Crippen LogP contribution in [-0.2, 0) is 17.6 Å². The summed E-state index contributed by atoms with van der Waals surface area (Å²) in [4.78, 5) is 27.2. The number of ether oxygens (including phenoxy) is 1. The quantitative estimate of drug-likeness (QED) is 0.428. The molecule has 0 spiro atoms. The number of carbonyl (C=O) groups is 2. The van der Waals surface area contributed by atoms with E-state index in [9.17, 15) is 9.59 Å². The zero-order chi connectivity index (χ0) is 20.7. The Balaban J connectivity index is 1.71. The van der Waals surface area contributed by atoms with Gasteiger partial charge in [0.25, 0.3) is 5.91 Å². The highest BCUT2D eigenvalue weighted by molar-refractivity contribution is 7.22. The van der Waals surface area contributed by atoms with Gasteiger partial charge in [-0.2, -0.15) is 0 Å². The maximum Gasteiger partial charge on any atom is 0.341 e. The van der Waals surface area contributed by atoms with E-state index >= 15 is 0 Å². The Morgan fingerprint density at radius 2 is 2.07 bits per heavy atom. The Kier molecular flexibility index (Phi) is 5.89. The number of halogens is 2. The molecule has 1 aliphatic rings. The van der Waals surface area contributed by atoms with Crippen molar-refractivity contribution in [3.63, 3.8) is 0 Å². The van der Waals surface area contributed by atoms with Gasteiger partial charge in [0.2, 0.25) is 0 Å². The van der Waals surface area contributed by atoms with E-state index in [2.05, 4.69) is 12.2 Å². The van der Waals surface area contributed by atoms with Crippen molar-refractivity contribution in [2.45, 2.75) is 33.1 Å². The van der Waals surface area contributed by atoms with Gasteiger partial charge in [-0.15, -0.1) is 22.7 Å². The van der Waals surface area contributed by atoms with Gasteiger partial charge < -0.3 is 10.1 Å². The number of hydrogen-bond donors (Lipinski definition) is 1. The lowest BCUT2D eigenvalue weighted by Crippen LogP contribution is -2.16. The molecule has 8 heteroatoms. The molecule has 1 aromatic carbocycles. The SMILES string of the molecule is CCOC(=O)c1c(NC(=O)c2sc3cc(Cl)ccc3c2Cl)sc2c1CC[C@H](C)C2. The second-order valence-corrected chi connectivity index (χ2v) is 10.1. The summed E-state index contributed by atoms with van der Waals surface area (Å²) >= 11 is 15.3. The molecule has 1 N–H and O–H groups in total. The third-order valence-corrected chi connectivity index (χ3v) is 8.08. The average molecular weight is 468 g/mol. The molecule has 2 aromatic heterocycles. The Labute approximate surface area is 186 Å². The first-order valence-corrected chi connectivity index (χ1v) is 11.8. The molecule has 29 heavy (non-hydrogen) atoms. The molecule has 0 fully saturated rings. The number of carbonyl (C=O) groups excluding carboxylic acids is 2. The van der Waals surface area contributed by atoms with E-state index in [-0.39, 0.29) is 18.5 Å². The molecule has 1 amide bonds. The summed E-state index contributed by atoms with van der Waals surface area (Å²) < 4.78 is 6.12. The van der Waals surface area contributed by atoms with Crippen LogP contribution in [0.4, 0.5) is 5.00 Å². The van der Waals surface area contributed by atoms with Gasteiger partial charge in [-0.1, -0.05) is 36.2 Å². The van der Waals surface area contributed by atoms with E-state index in [1.54, 1.807) is 19.1 Å². The number of nitrogens with one attached hydrogen (secondary N) is 1. The van der Waals surface area contributed by atoms with Gasteiger partial charge in [-0.25, -0.2) is 4.79 Å². The molecule has 2 heterocycles. The summed E-state index contributed by atoms with van der Waals surface area (Å²) in [5.41, 5.74) is 1.50. The Bertz CT molecular complexity index is 1120. The van der Waals surface area contributed by atoms with Crippen molar-refractivity contribution in [3.8, 4) is 0 Å². The predicted molar refractivity (Wildman–Crippen MR) is 121 cm³/mol. The first-order chi connectivity index (χ1) is 13.9. The monoisotopic (exact) mass is 467 g/mol. The van der Waals surface area contributed by atoms with Crippen LogP contribution in [0.1, 0.15) is 50.7 Å². The van der Waals surface area contributed by atoms with E-state index < -0.39 is 0 Å². The number of hydrogen-bond acceptors (Lipinski definition) is 5. The summed E-state index contributed by atoms with van der Waals surface area (Å²) in [6.07, 6.45) is 2.75. The molecule has 4 nitrogen and oxygen atoms in total. The van der Waals surface area contributed by atoms with Crippen molar-refractivity contribution < 1.29 is 14.3 Å². The molecule has 4 rings (SSSR count). The van der Waals surface area contributed by atoms with Gasteiger partial charge in [-0.05, 0) is 49.8 Å². The molecular weight excluding hydrogens is 449 g/mol. The first-order valence-electron chi connectivity index (χ1n) is 9.39. The molecule has 0 unspecified atom stereocenters. The smallest absolute Gasteiger partial charge is 0.341 e. The van der Waals surface area contributed by atoms with E-state index in [1.807, 2.05) is 6.07 Å². The summed E-state index contributed by atoms with van der Waals surface area (Å²) in [5.74, 6) is -0.157. The Morgan fingerprint density at radius 1 is 1.28 bits per heavy atom. The second-order valence-electron chi connectivity index (χ2n) is 7.12. The van der Waals surface area contributed by atoms with Crippen molar-refractivity contribution in [1.29, 1.82) is 0 Å². The van der Waals surface area contributed by atoms with Crippen LogP contribution >= 0.6 is 45.9 Å². The first kappa shape index (κ1) is 20.7. The van der Waals surface area contributed by atoms with Crippen molar-refractivity contribution in [2.24, 2.45) is 5.92 Å². The number of thiophene rings is 2. The van der Waals surface area contributed by atoms with Crippen LogP contribution in [0.5, 0.6) is 0 Å². The van der Waals surface area contributed by atoms with E-state index in [4.69, 9.17) is 27.9 Å². The van der Waals surface area contributed by atoms with Crippen LogP contribution in [-0.4, -0.2) is 18.5 Å². The number of amides is 1. The lowest BCUT2D eigenvalue weighted by molar-refractivity contribution is 0.0526. The van der Waals surface area contributed by atoms with Crippen LogP contribution in [0.3, 0.4) is 0 Å². The second kappa shape index (κ2) is 8.26. The third-order valence-electron chi connectivity index (χ3n) is 5.02. The van der Waals surface area contributed by atoms with Crippen molar-refractivity contribution in [1.82, 2.24) is 0 Å². The fourth-order valence-corrected chi connectivity index (χ4v) is 6.69. The zero-order valence-corrected chi connectivity index (χ0v) is 19.1. The van der Waals surface area contributed by atoms with Gasteiger partial charge >= 0.3 is 5.97 Å².